The summed E-state index contributed by atoms with van der Waals surface area (Å²) in [6, 6.07) is 18.5. The monoisotopic (exact) mass is 512 g/mol. The van der Waals surface area contributed by atoms with Gasteiger partial charge in [-0.1, -0.05) is 101 Å². The average molecular weight is 515 g/mol. The minimum absolute atomic E-state index is 0.116. The Hall–Kier alpha value is -1.16. The molecule has 29 heavy (non-hydrogen) atoms. The van der Waals surface area contributed by atoms with Crippen molar-refractivity contribution in [2.75, 3.05) is 0 Å². The average Bonchev–Trinajstić information content (AvgIpc) is 2.75. The number of nitrogens with zero attached hydrogens (tertiary/aromatic N) is 2. The molecule has 0 fully saturated rings. The predicted molar refractivity (Wildman–Crippen MR) is 119 cm³/mol. The summed E-state index contributed by atoms with van der Waals surface area (Å²) in [6.45, 7) is 7.93. The molecule has 2 atom stereocenters. The number of carbonyl (C=O) groups excluding carboxylic acids is 2. The standard InChI is InChI=1S/2C11H15NO.2ClH.Zr/c2*1-3-9(2)12-11(13)10-7-5-4-6-8-10;;;/h2*4-9H,3H2,1-2H3,(H,12,13);2*1H;/q;;;;+4/p-4. The second-order valence-electron chi connectivity index (χ2n) is 6.19. The van der Waals surface area contributed by atoms with Crippen LogP contribution in [0.2, 0.25) is 0 Å². The maximum absolute atomic E-state index is 11.4. The summed E-state index contributed by atoms with van der Waals surface area (Å²) in [7, 11) is 9.87. The van der Waals surface area contributed by atoms with Crippen molar-refractivity contribution in [3.05, 3.63) is 82.4 Å². The third kappa shape index (κ3) is 13.6. The topological polar surface area (TPSA) is 62.3 Å². The molecule has 0 heterocycles. The second kappa shape index (κ2) is 17.7. The number of rotatable bonds is 6. The van der Waals surface area contributed by atoms with Crippen molar-refractivity contribution in [2.24, 2.45) is 0 Å². The van der Waals surface area contributed by atoms with E-state index in [0.29, 0.717) is 11.1 Å². The molecule has 7 heteroatoms. The molecule has 0 saturated heterocycles. The van der Waals surface area contributed by atoms with E-state index in [1.54, 1.807) is 24.3 Å². The van der Waals surface area contributed by atoms with Gasteiger partial charge in [0, 0.05) is 0 Å². The van der Waals surface area contributed by atoms with Gasteiger partial charge in [0.2, 0.25) is 0 Å². The van der Waals surface area contributed by atoms with Crippen LogP contribution in [-0.2, 0) is 20.8 Å². The Balaban J connectivity index is 0.000000477. The van der Waals surface area contributed by atoms with Crippen LogP contribution in [0.25, 0.3) is 10.6 Å². The fourth-order valence-electron chi connectivity index (χ4n) is 1.89. The normalized spacial score (nSPS) is 11.2. The molecule has 0 saturated carbocycles. The molecular weight excluding hydrogens is 486 g/mol. The van der Waals surface area contributed by atoms with E-state index in [1.165, 1.54) is 0 Å². The molecule has 0 N–H and O–H groups in total. The number of hydrogen-bond donors (Lipinski definition) is 0. The first-order valence-corrected chi connectivity index (χ1v) is 15.8. The van der Waals surface area contributed by atoms with Crippen molar-refractivity contribution in [3.8, 4) is 0 Å². The quantitative estimate of drug-likeness (QED) is 0.404. The zero-order chi connectivity index (χ0) is 22.1. The fraction of sp³-hybridized carbons (Fsp3) is 0.364. The van der Waals surface area contributed by atoms with Crippen LogP contribution in [0.1, 0.15) is 61.3 Å². The van der Waals surface area contributed by atoms with E-state index >= 15 is 0 Å². The van der Waals surface area contributed by atoms with Crippen molar-refractivity contribution in [2.45, 2.75) is 52.6 Å². The third-order valence-corrected chi connectivity index (χ3v) is 3.90. The molecule has 2 aromatic rings. The van der Waals surface area contributed by atoms with Crippen LogP contribution < -0.4 is 0 Å². The summed E-state index contributed by atoms with van der Waals surface area (Å²) < 4.78 is 0. The maximum atomic E-state index is 11.4. The van der Waals surface area contributed by atoms with Crippen LogP contribution in [0.15, 0.2) is 60.7 Å². The molecule has 0 aliphatic heterocycles. The van der Waals surface area contributed by atoms with E-state index in [9.17, 15) is 9.59 Å². The van der Waals surface area contributed by atoms with Crippen LogP contribution in [0, 0.1) is 0 Å². The van der Waals surface area contributed by atoms with Crippen LogP contribution in [-0.4, -0.2) is 23.9 Å². The van der Waals surface area contributed by atoms with E-state index in [2.05, 4.69) is 10.6 Å². The summed E-state index contributed by atoms with van der Waals surface area (Å²) in [4.78, 5) is 22.9. The Morgan fingerprint density at radius 1 is 0.759 bits per heavy atom. The van der Waals surface area contributed by atoms with Gasteiger partial charge in [0.15, 0.2) is 0 Å². The van der Waals surface area contributed by atoms with Crippen LogP contribution in [0.4, 0.5) is 0 Å². The molecule has 0 spiro atoms. The Morgan fingerprint density at radius 2 is 1.03 bits per heavy atom. The number of hydrogen-bond acceptors (Lipinski definition) is 2. The molecule has 2 rings (SSSR count). The summed E-state index contributed by atoms with van der Waals surface area (Å²) in [5, 5.41) is 8.05. The number of halogens is 2. The first-order chi connectivity index (χ1) is 13.9. The molecule has 0 radical (unpaired) electrons. The second-order valence-corrected chi connectivity index (χ2v) is 9.92. The van der Waals surface area contributed by atoms with Crippen molar-refractivity contribution < 1.29 is 30.4 Å². The molecule has 156 valence electrons. The molecule has 2 aromatic carbocycles. The number of carbonyl (C=O) groups is 2. The number of benzene rings is 2. The zero-order valence-electron chi connectivity index (χ0n) is 17.3. The Bertz CT molecular complexity index is 628. The van der Waals surface area contributed by atoms with Gasteiger partial charge in [0.05, 0.1) is 11.8 Å². The van der Waals surface area contributed by atoms with E-state index in [4.69, 9.17) is 17.0 Å². The summed E-state index contributed by atoms with van der Waals surface area (Å²) >= 11 is -0.826. The first kappa shape index (κ1) is 27.8. The van der Waals surface area contributed by atoms with Crippen LogP contribution >= 0.6 is 17.0 Å². The van der Waals surface area contributed by atoms with Gasteiger partial charge in [0.1, 0.15) is 0 Å². The van der Waals surface area contributed by atoms with Crippen LogP contribution in [0.3, 0.4) is 0 Å². The zero-order valence-corrected chi connectivity index (χ0v) is 21.3. The van der Waals surface area contributed by atoms with Gasteiger partial charge in [-0.3, -0.25) is 0 Å². The molecule has 0 aliphatic rings. The number of amides is 2. The molecule has 4 nitrogen and oxygen atoms in total. The van der Waals surface area contributed by atoms with Gasteiger partial charge < -0.3 is 20.2 Å². The predicted octanol–water partition coefficient (Wildman–Crippen LogP) is 7.37. The summed E-state index contributed by atoms with van der Waals surface area (Å²) in [6.07, 6.45) is 1.80. The third-order valence-electron chi connectivity index (χ3n) is 3.90. The van der Waals surface area contributed by atoms with Gasteiger partial charge in [-0.2, -0.15) is 0 Å². The molecule has 2 amide bonds. The van der Waals surface area contributed by atoms with Crippen molar-refractivity contribution >= 4 is 28.8 Å². The Morgan fingerprint density at radius 3 is 1.28 bits per heavy atom. The van der Waals surface area contributed by atoms with E-state index < -0.39 is 20.8 Å². The van der Waals surface area contributed by atoms with Crippen molar-refractivity contribution in [1.29, 1.82) is 0 Å². The first-order valence-electron chi connectivity index (χ1n) is 9.46. The minimum atomic E-state index is -0.826. The molecule has 2 unspecified atom stereocenters. The molecule has 0 bridgehead atoms. The fourth-order valence-corrected chi connectivity index (χ4v) is 1.89. The van der Waals surface area contributed by atoms with E-state index in [0.717, 1.165) is 12.8 Å². The Kier molecular flexibility index (Phi) is 17.0. The molecule has 0 aliphatic carbocycles. The summed E-state index contributed by atoms with van der Waals surface area (Å²) in [5.74, 6) is -0.232. The molecule has 0 aromatic heterocycles. The van der Waals surface area contributed by atoms with Gasteiger partial charge in [-0.05, 0) is 11.1 Å². The van der Waals surface area contributed by atoms with Crippen molar-refractivity contribution in [3.63, 3.8) is 0 Å². The van der Waals surface area contributed by atoms with E-state index in [1.807, 2.05) is 64.1 Å². The SMILES string of the molecule is CCC(C)[N-]C(=O)c1ccccc1.CCC(C)[N-]C(=O)c1ccccc1.[Cl][Zr+2][Cl]. The van der Waals surface area contributed by atoms with Gasteiger partial charge >= 0.3 is 37.9 Å². The van der Waals surface area contributed by atoms with Gasteiger partial charge in [-0.15, -0.1) is 12.1 Å². The van der Waals surface area contributed by atoms with Gasteiger partial charge in [-0.25, -0.2) is 0 Å². The Labute approximate surface area is 193 Å². The van der Waals surface area contributed by atoms with E-state index in [-0.39, 0.29) is 23.9 Å². The van der Waals surface area contributed by atoms with Crippen LogP contribution in [0.5, 0.6) is 0 Å². The van der Waals surface area contributed by atoms with Crippen molar-refractivity contribution in [1.82, 2.24) is 0 Å². The molecular formula is C22H28Cl2N2O2Zr. The summed E-state index contributed by atoms with van der Waals surface area (Å²) in [5.41, 5.74) is 1.34. The van der Waals surface area contributed by atoms with Gasteiger partial charge in [0.25, 0.3) is 0 Å².